The fraction of sp³-hybridized carbons (Fsp3) is 0.897. The van der Waals surface area contributed by atoms with Gasteiger partial charge in [-0.3, -0.25) is 9.59 Å². The van der Waals surface area contributed by atoms with Crippen molar-refractivity contribution < 1.29 is 14.3 Å². The van der Waals surface area contributed by atoms with Crippen LogP contribution in [0.2, 0.25) is 0 Å². The molecule has 3 fully saturated rings. The summed E-state index contributed by atoms with van der Waals surface area (Å²) in [5.41, 5.74) is 1.66. The zero-order chi connectivity index (χ0) is 30.3. The first-order chi connectivity index (χ1) is 20.1. The average molecular weight is 583 g/mol. The lowest BCUT2D eigenvalue weighted by Crippen LogP contribution is -2.53. The van der Waals surface area contributed by atoms with E-state index in [-0.39, 0.29) is 23.2 Å². The van der Waals surface area contributed by atoms with E-state index in [1.807, 2.05) is 6.08 Å². The molecule has 3 heteroatoms. The molecule has 0 aromatic rings. The number of esters is 1. The lowest BCUT2D eigenvalue weighted by molar-refractivity contribution is -0.151. The number of hydrogen-bond acceptors (Lipinski definition) is 3. The van der Waals surface area contributed by atoms with E-state index in [0.29, 0.717) is 29.6 Å². The van der Waals surface area contributed by atoms with Crippen molar-refractivity contribution in [1.82, 2.24) is 0 Å². The van der Waals surface area contributed by atoms with Gasteiger partial charge in [0, 0.05) is 5.92 Å². The third kappa shape index (κ3) is 7.56. The number of fused-ring (bicyclic) bond motifs is 5. The van der Waals surface area contributed by atoms with Gasteiger partial charge in [0.15, 0.2) is 5.78 Å². The van der Waals surface area contributed by atoms with E-state index in [9.17, 15) is 9.59 Å². The summed E-state index contributed by atoms with van der Waals surface area (Å²) < 4.78 is 5.78. The van der Waals surface area contributed by atoms with E-state index >= 15 is 0 Å². The minimum absolute atomic E-state index is 0.0200. The minimum Gasteiger partial charge on any atom is -0.465 e. The average Bonchev–Trinajstić information content (AvgIpc) is 3.31. The van der Waals surface area contributed by atoms with Gasteiger partial charge in [-0.2, -0.15) is 0 Å². The van der Waals surface area contributed by atoms with Crippen molar-refractivity contribution in [3.8, 4) is 0 Å². The van der Waals surface area contributed by atoms with Crippen molar-refractivity contribution >= 4 is 11.8 Å². The molecule has 0 amide bonds. The molecule has 3 nitrogen and oxygen atoms in total. The van der Waals surface area contributed by atoms with E-state index in [2.05, 4.69) is 41.5 Å². The highest BCUT2D eigenvalue weighted by atomic mass is 16.5. The molecule has 4 aliphatic rings. The van der Waals surface area contributed by atoms with Crippen LogP contribution in [0, 0.1) is 52.3 Å². The number of unbranched alkanes of at least 4 members (excludes halogenated alkanes) is 8. The first-order valence-electron chi connectivity index (χ1n) is 18.5. The van der Waals surface area contributed by atoms with Crippen molar-refractivity contribution in [2.24, 2.45) is 52.3 Å². The van der Waals surface area contributed by atoms with Crippen LogP contribution in [-0.2, 0) is 14.3 Å². The number of hydrogen-bond donors (Lipinski definition) is 0. The molecule has 0 N–H and O–H groups in total. The van der Waals surface area contributed by atoms with Gasteiger partial charge in [-0.25, -0.2) is 0 Å². The second-order valence-electron chi connectivity index (χ2n) is 16.2. The Kier molecular flexibility index (Phi) is 12.3. The van der Waals surface area contributed by atoms with Crippen molar-refractivity contribution in [1.29, 1.82) is 0 Å². The quantitative estimate of drug-likeness (QED) is 0.134. The van der Waals surface area contributed by atoms with Crippen LogP contribution < -0.4 is 0 Å². The molecule has 4 rings (SSSR count). The highest BCUT2D eigenvalue weighted by molar-refractivity contribution is 5.94. The molecule has 0 saturated heterocycles. The zero-order valence-corrected chi connectivity index (χ0v) is 28.5. The number of ketones is 1. The maximum Gasteiger partial charge on any atom is 0.309 e. The Bertz CT molecular complexity index is 919. The Hall–Kier alpha value is -1.12. The van der Waals surface area contributed by atoms with Gasteiger partial charge in [-0.1, -0.05) is 118 Å². The first kappa shape index (κ1) is 33.8. The second kappa shape index (κ2) is 15.2. The molecular formula is C39H66O3. The topological polar surface area (TPSA) is 43.4 Å². The number of carbonyl (C=O) groups is 2. The predicted octanol–water partition coefficient (Wildman–Crippen LogP) is 10.9. The Balaban J connectivity index is 1.28. The summed E-state index contributed by atoms with van der Waals surface area (Å²) in [4.78, 5) is 26.9. The molecule has 42 heavy (non-hydrogen) atoms. The molecular weight excluding hydrogens is 516 g/mol. The van der Waals surface area contributed by atoms with Gasteiger partial charge in [0.2, 0.25) is 0 Å². The van der Waals surface area contributed by atoms with Crippen LogP contribution in [0.3, 0.4) is 0 Å². The fourth-order valence-corrected chi connectivity index (χ4v) is 10.3. The first-order valence-corrected chi connectivity index (χ1v) is 18.5. The summed E-state index contributed by atoms with van der Waals surface area (Å²) in [6, 6.07) is 0. The maximum absolute atomic E-state index is 13.9. The number of carbonyl (C=O) groups excluding carboxylic acids is 2. The molecule has 0 spiro atoms. The van der Waals surface area contributed by atoms with Gasteiger partial charge >= 0.3 is 5.97 Å². The fourth-order valence-electron chi connectivity index (χ4n) is 10.3. The summed E-state index contributed by atoms with van der Waals surface area (Å²) in [5.74, 6) is 3.80. The van der Waals surface area contributed by atoms with Gasteiger partial charge in [0.1, 0.15) is 0 Å². The van der Waals surface area contributed by atoms with E-state index in [4.69, 9.17) is 4.74 Å². The van der Waals surface area contributed by atoms with Crippen LogP contribution in [0.4, 0.5) is 0 Å². The molecule has 4 aliphatic carbocycles. The monoisotopic (exact) mass is 583 g/mol. The molecule has 0 bridgehead atoms. The SMILES string of the molecule is CCCCCCCCCCCOC(=O)[C@H]1CC[C@@]2(C)C(=CC(=O)[C@H]3[C@@H]4CC[C@H]([C@H](C)CCCC(C)C)[C@@]4(C)CC[C@@H]32)C1. The van der Waals surface area contributed by atoms with Crippen LogP contribution >= 0.6 is 0 Å². The molecule has 0 aliphatic heterocycles. The number of allylic oxidation sites excluding steroid dienone is 2. The largest absolute Gasteiger partial charge is 0.465 e. The van der Waals surface area contributed by atoms with E-state index in [1.165, 1.54) is 95.5 Å². The molecule has 0 unspecified atom stereocenters. The summed E-state index contributed by atoms with van der Waals surface area (Å²) in [6.45, 7) is 15.0. The second-order valence-corrected chi connectivity index (χ2v) is 16.2. The van der Waals surface area contributed by atoms with Crippen molar-refractivity contribution in [2.45, 2.75) is 164 Å². The van der Waals surface area contributed by atoms with Crippen molar-refractivity contribution in [3.63, 3.8) is 0 Å². The van der Waals surface area contributed by atoms with E-state index in [0.717, 1.165) is 49.9 Å². The van der Waals surface area contributed by atoms with Gasteiger partial charge in [0.25, 0.3) is 0 Å². The van der Waals surface area contributed by atoms with Crippen molar-refractivity contribution in [3.05, 3.63) is 11.6 Å². The summed E-state index contributed by atoms with van der Waals surface area (Å²) >= 11 is 0. The molecule has 8 atom stereocenters. The number of ether oxygens (including phenoxy) is 1. The lowest BCUT2D eigenvalue weighted by atomic mass is 9.46. The van der Waals surface area contributed by atoms with Crippen molar-refractivity contribution in [2.75, 3.05) is 6.61 Å². The summed E-state index contributed by atoms with van der Waals surface area (Å²) in [6.07, 6.45) is 25.2. The normalized spacial score (nSPS) is 34.9. The summed E-state index contributed by atoms with van der Waals surface area (Å²) in [7, 11) is 0. The van der Waals surface area contributed by atoms with Gasteiger partial charge in [-0.15, -0.1) is 0 Å². The Morgan fingerprint density at radius 3 is 2.24 bits per heavy atom. The lowest BCUT2D eigenvalue weighted by Gasteiger charge is -2.57. The molecule has 0 heterocycles. The Morgan fingerprint density at radius 1 is 0.857 bits per heavy atom. The van der Waals surface area contributed by atoms with Gasteiger partial charge in [-0.05, 0) is 97.9 Å². The Morgan fingerprint density at radius 2 is 1.55 bits per heavy atom. The van der Waals surface area contributed by atoms with E-state index < -0.39 is 0 Å². The smallest absolute Gasteiger partial charge is 0.309 e. The van der Waals surface area contributed by atoms with Crippen LogP contribution in [0.15, 0.2) is 11.6 Å². The zero-order valence-electron chi connectivity index (χ0n) is 28.5. The minimum atomic E-state index is -0.0661. The maximum atomic E-state index is 13.9. The molecule has 0 aromatic heterocycles. The highest BCUT2D eigenvalue weighted by Gasteiger charge is 2.61. The molecule has 0 aromatic carbocycles. The van der Waals surface area contributed by atoms with Crippen LogP contribution in [0.1, 0.15) is 164 Å². The van der Waals surface area contributed by atoms with Crippen LogP contribution in [0.5, 0.6) is 0 Å². The predicted molar refractivity (Wildman–Crippen MR) is 175 cm³/mol. The van der Waals surface area contributed by atoms with Crippen LogP contribution in [-0.4, -0.2) is 18.4 Å². The molecule has 240 valence electrons. The molecule has 3 saturated carbocycles. The van der Waals surface area contributed by atoms with E-state index in [1.54, 1.807) is 0 Å². The van der Waals surface area contributed by atoms with Crippen LogP contribution in [0.25, 0.3) is 0 Å². The summed E-state index contributed by atoms with van der Waals surface area (Å²) in [5, 5.41) is 0. The van der Waals surface area contributed by atoms with Gasteiger partial charge in [0.05, 0.1) is 12.5 Å². The third-order valence-corrected chi connectivity index (χ3v) is 13.0. The van der Waals surface area contributed by atoms with Gasteiger partial charge < -0.3 is 4.74 Å². The molecule has 0 radical (unpaired) electrons. The number of rotatable bonds is 16. The standard InChI is InChI=1S/C39H66O3/c1-7-8-9-10-11-12-13-14-15-25-42-37(41)30-21-23-38(5)31(26-30)27-35(40)36-33-20-19-32(29(4)18-16-17-28(2)3)39(33,6)24-22-34(36)38/h27-30,32-34,36H,7-26H2,1-6H3/t29-,30+,32-,33+,34+,36+,38+,39-/m1/s1. The third-order valence-electron chi connectivity index (χ3n) is 13.0. The highest BCUT2D eigenvalue weighted by Crippen LogP contribution is 2.67. The Labute approximate surface area is 259 Å².